The van der Waals surface area contributed by atoms with Crippen molar-refractivity contribution in [2.24, 2.45) is 5.10 Å². The minimum atomic E-state index is -1.88. The summed E-state index contributed by atoms with van der Waals surface area (Å²) in [5, 5.41) is 15.4. The number of hydrogen-bond acceptors (Lipinski definition) is 5. The molecule has 0 radical (unpaired) electrons. The summed E-state index contributed by atoms with van der Waals surface area (Å²) in [5.74, 6) is 0.533. The highest BCUT2D eigenvalue weighted by molar-refractivity contribution is 5.91. The van der Waals surface area contributed by atoms with Crippen LogP contribution in [0.1, 0.15) is 16.7 Å². The molecule has 0 aliphatic rings. The monoisotopic (exact) mass is 390 g/mol. The number of carbonyl (C=O) groups is 1. The molecule has 29 heavy (non-hydrogen) atoms. The number of carbonyl (C=O) groups excluding carboxylic acids is 1. The van der Waals surface area contributed by atoms with Gasteiger partial charge in [-0.05, 0) is 23.3 Å². The lowest BCUT2D eigenvalue weighted by Crippen LogP contribution is -2.43. The van der Waals surface area contributed by atoms with Crippen LogP contribution in [0.3, 0.4) is 0 Å². The first kappa shape index (κ1) is 20.1. The van der Waals surface area contributed by atoms with E-state index in [9.17, 15) is 9.90 Å². The molecule has 6 nitrogen and oxygen atoms in total. The molecule has 0 saturated heterocycles. The maximum absolute atomic E-state index is 13.0. The molecule has 0 fully saturated rings. The van der Waals surface area contributed by atoms with Crippen molar-refractivity contribution in [1.82, 2.24) is 5.43 Å². The third kappa shape index (κ3) is 4.44. The number of hydrazone groups is 1. The summed E-state index contributed by atoms with van der Waals surface area (Å²) in [4.78, 5) is 13.0. The van der Waals surface area contributed by atoms with Crippen molar-refractivity contribution in [2.45, 2.75) is 5.60 Å². The second-order valence-corrected chi connectivity index (χ2v) is 6.29. The number of nitrogens with zero attached hydrogens (tertiary/aromatic N) is 1. The van der Waals surface area contributed by atoms with Gasteiger partial charge in [-0.3, -0.25) is 4.79 Å². The normalized spacial score (nSPS) is 11.3. The molecule has 1 amide bonds. The molecule has 3 rings (SSSR count). The number of ether oxygens (including phenoxy) is 2. The Morgan fingerprint density at radius 1 is 0.897 bits per heavy atom. The van der Waals surface area contributed by atoms with E-state index in [1.807, 2.05) is 12.1 Å². The van der Waals surface area contributed by atoms with Crippen molar-refractivity contribution in [3.8, 4) is 11.5 Å². The maximum Gasteiger partial charge on any atom is 0.281 e. The first-order valence-corrected chi connectivity index (χ1v) is 8.98. The third-order valence-electron chi connectivity index (χ3n) is 4.47. The number of nitrogens with one attached hydrogen (secondary N) is 1. The fraction of sp³-hybridized carbons (Fsp3) is 0.130. The van der Waals surface area contributed by atoms with Gasteiger partial charge in [-0.25, -0.2) is 5.43 Å². The Balaban J connectivity index is 1.88. The largest absolute Gasteiger partial charge is 0.497 e. The predicted octanol–water partition coefficient (Wildman–Crippen LogP) is 3.09. The number of methoxy groups -OCH3 is 2. The first-order valence-electron chi connectivity index (χ1n) is 8.98. The van der Waals surface area contributed by atoms with Gasteiger partial charge in [-0.1, -0.05) is 60.7 Å². The number of hydrogen-bond donors (Lipinski definition) is 2. The summed E-state index contributed by atoms with van der Waals surface area (Å²) in [6.07, 6.45) is 1.46. The molecule has 0 bridgehead atoms. The third-order valence-corrected chi connectivity index (χ3v) is 4.47. The zero-order valence-corrected chi connectivity index (χ0v) is 16.2. The Bertz CT molecular complexity index is 927. The molecule has 0 heterocycles. The SMILES string of the molecule is COc1cc(/C=N/NC(=O)C(O)(c2ccccc2)c2ccccc2)cc(OC)c1. The Morgan fingerprint density at radius 3 is 1.83 bits per heavy atom. The van der Waals surface area contributed by atoms with Crippen molar-refractivity contribution in [1.29, 1.82) is 0 Å². The van der Waals surface area contributed by atoms with Gasteiger partial charge in [0.1, 0.15) is 11.5 Å². The van der Waals surface area contributed by atoms with Crippen LogP contribution in [0, 0.1) is 0 Å². The van der Waals surface area contributed by atoms with Gasteiger partial charge in [-0.15, -0.1) is 0 Å². The van der Waals surface area contributed by atoms with Crippen LogP contribution in [0.5, 0.6) is 11.5 Å². The van der Waals surface area contributed by atoms with Crippen LogP contribution in [0.4, 0.5) is 0 Å². The second-order valence-electron chi connectivity index (χ2n) is 6.29. The van der Waals surface area contributed by atoms with E-state index in [0.717, 1.165) is 0 Å². The van der Waals surface area contributed by atoms with Gasteiger partial charge in [0.15, 0.2) is 5.60 Å². The zero-order valence-electron chi connectivity index (χ0n) is 16.2. The molecular formula is C23H22N2O4. The van der Waals surface area contributed by atoms with Crippen molar-refractivity contribution in [3.63, 3.8) is 0 Å². The van der Waals surface area contributed by atoms with Gasteiger partial charge in [0, 0.05) is 11.6 Å². The van der Waals surface area contributed by atoms with Crippen LogP contribution in [0.15, 0.2) is 84.0 Å². The number of rotatable bonds is 7. The lowest BCUT2D eigenvalue weighted by molar-refractivity contribution is -0.136. The number of amides is 1. The molecule has 0 saturated carbocycles. The summed E-state index contributed by atoms with van der Waals surface area (Å²) < 4.78 is 10.5. The first-order chi connectivity index (χ1) is 14.1. The Labute approximate surface area is 169 Å². The minimum absolute atomic E-state index is 0.446. The molecule has 0 unspecified atom stereocenters. The fourth-order valence-corrected chi connectivity index (χ4v) is 2.94. The van der Waals surface area contributed by atoms with Crippen LogP contribution in [-0.4, -0.2) is 31.4 Å². The molecule has 0 spiro atoms. The standard InChI is InChI=1S/C23H22N2O4/c1-28-20-13-17(14-21(15-20)29-2)16-24-25-22(26)23(27,18-9-5-3-6-10-18)19-11-7-4-8-12-19/h3-16,27H,1-2H3,(H,25,26)/b24-16+. The van der Waals surface area contributed by atoms with Crippen LogP contribution >= 0.6 is 0 Å². The van der Waals surface area contributed by atoms with E-state index in [1.165, 1.54) is 6.21 Å². The summed E-state index contributed by atoms with van der Waals surface area (Å²) in [6, 6.07) is 22.7. The van der Waals surface area contributed by atoms with E-state index in [-0.39, 0.29) is 0 Å². The molecule has 148 valence electrons. The predicted molar refractivity (Wildman–Crippen MR) is 111 cm³/mol. The average Bonchev–Trinajstić information content (AvgIpc) is 2.79. The number of benzene rings is 3. The molecule has 3 aromatic rings. The van der Waals surface area contributed by atoms with E-state index in [2.05, 4.69) is 10.5 Å². The second kappa shape index (κ2) is 9.03. The number of aliphatic hydroxyl groups is 1. The molecule has 2 N–H and O–H groups in total. The Hall–Kier alpha value is -3.64. The summed E-state index contributed by atoms with van der Waals surface area (Å²) in [5.41, 5.74) is 2.12. The highest BCUT2D eigenvalue weighted by atomic mass is 16.5. The van der Waals surface area contributed by atoms with Gasteiger partial charge in [0.25, 0.3) is 5.91 Å². The molecule has 0 aliphatic carbocycles. The Morgan fingerprint density at radius 2 is 1.38 bits per heavy atom. The van der Waals surface area contributed by atoms with Gasteiger partial charge in [0.05, 0.1) is 20.4 Å². The lowest BCUT2D eigenvalue weighted by atomic mass is 9.85. The average molecular weight is 390 g/mol. The highest BCUT2D eigenvalue weighted by Gasteiger charge is 2.39. The van der Waals surface area contributed by atoms with Crippen molar-refractivity contribution in [3.05, 3.63) is 95.6 Å². The van der Waals surface area contributed by atoms with Gasteiger partial charge in [-0.2, -0.15) is 5.10 Å². The topological polar surface area (TPSA) is 80.2 Å². The molecule has 0 aliphatic heterocycles. The van der Waals surface area contributed by atoms with Gasteiger partial charge >= 0.3 is 0 Å². The van der Waals surface area contributed by atoms with E-state index in [1.54, 1.807) is 80.9 Å². The van der Waals surface area contributed by atoms with Gasteiger partial charge < -0.3 is 14.6 Å². The lowest BCUT2D eigenvalue weighted by Gasteiger charge is -2.27. The summed E-state index contributed by atoms with van der Waals surface area (Å²) in [7, 11) is 3.11. The van der Waals surface area contributed by atoms with E-state index in [4.69, 9.17) is 9.47 Å². The van der Waals surface area contributed by atoms with Crippen molar-refractivity contribution >= 4 is 12.1 Å². The van der Waals surface area contributed by atoms with Crippen molar-refractivity contribution in [2.75, 3.05) is 14.2 Å². The molecular weight excluding hydrogens is 368 g/mol. The minimum Gasteiger partial charge on any atom is -0.497 e. The molecule has 6 heteroatoms. The zero-order chi connectivity index (χ0) is 20.7. The van der Waals surface area contributed by atoms with Gasteiger partial charge in [0.2, 0.25) is 0 Å². The Kier molecular flexibility index (Phi) is 6.26. The summed E-state index contributed by atoms with van der Waals surface area (Å²) in [6.45, 7) is 0. The van der Waals surface area contributed by atoms with Crippen molar-refractivity contribution < 1.29 is 19.4 Å². The molecule has 0 aromatic heterocycles. The fourth-order valence-electron chi connectivity index (χ4n) is 2.94. The van der Waals surface area contributed by atoms with Crippen LogP contribution in [-0.2, 0) is 10.4 Å². The van der Waals surface area contributed by atoms with Crippen LogP contribution < -0.4 is 14.9 Å². The van der Waals surface area contributed by atoms with Crippen LogP contribution in [0.25, 0.3) is 0 Å². The maximum atomic E-state index is 13.0. The smallest absolute Gasteiger partial charge is 0.281 e. The summed E-state index contributed by atoms with van der Waals surface area (Å²) >= 11 is 0. The molecule has 0 atom stereocenters. The van der Waals surface area contributed by atoms with E-state index >= 15 is 0 Å². The van der Waals surface area contributed by atoms with Crippen LogP contribution in [0.2, 0.25) is 0 Å². The highest BCUT2D eigenvalue weighted by Crippen LogP contribution is 2.30. The van der Waals surface area contributed by atoms with E-state index < -0.39 is 11.5 Å². The quantitative estimate of drug-likeness (QED) is 0.480. The van der Waals surface area contributed by atoms with E-state index in [0.29, 0.717) is 28.2 Å². The molecule has 3 aromatic carbocycles.